The summed E-state index contributed by atoms with van der Waals surface area (Å²) in [5.74, 6) is 0.648. The van der Waals surface area contributed by atoms with Crippen LogP contribution < -0.4 is 0 Å². The smallest absolute Gasteiger partial charge is 0.0967 e. The van der Waals surface area contributed by atoms with Crippen molar-refractivity contribution in [1.29, 1.82) is 0 Å². The van der Waals surface area contributed by atoms with Crippen LogP contribution in [0.25, 0.3) is 10.2 Å². The van der Waals surface area contributed by atoms with E-state index in [4.69, 9.17) is 0 Å². The van der Waals surface area contributed by atoms with Crippen molar-refractivity contribution in [1.82, 2.24) is 4.98 Å². The van der Waals surface area contributed by atoms with Crippen LogP contribution in [0.5, 0.6) is 0 Å². The van der Waals surface area contributed by atoms with E-state index >= 15 is 0 Å². The molecule has 17 heavy (non-hydrogen) atoms. The van der Waals surface area contributed by atoms with Crippen molar-refractivity contribution in [2.45, 2.75) is 38.2 Å². The summed E-state index contributed by atoms with van der Waals surface area (Å²) >= 11 is 1.71. The van der Waals surface area contributed by atoms with Crippen LogP contribution in [0.3, 0.4) is 0 Å². The summed E-state index contributed by atoms with van der Waals surface area (Å²) in [6.45, 7) is 2.22. The molecule has 0 bridgehead atoms. The van der Waals surface area contributed by atoms with E-state index in [-0.39, 0.29) is 0 Å². The van der Waals surface area contributed by atoms with Crippen molar-refractivity contribution in [3.63, 3.8) is 0 Å². The number of nitrogens with zero attached hydrogens (tertiary/aromatic N) is 1. The van der Waals surface area contributed by atoms with Gasteiger partial charge in [-0.15, -0.1) is 11.3 Å². The molecule has 0 spiro atoms. The third-order valence-corrected chi connectivity index (χ3v) is 4.69. The molecule has 2 aromatic rings. The molecule has 3 heteroatoms. The molecule has 1 saturated carbocycles. The van der Waals surface area contributed by atoms with Crippen LogP contribution in [-0.2, 0) is 6.42 Å². The van der Waals surface area contributed by atoms with Crippen LogP contribution >= 0.6 is 11.3 Å². The zero-order valence-electron chi connectivity index (χ0n) is 10.0. The van der Waals surface area contributed by atoms with Gasteiger partial charge in [0, 0.05) is 6.42 Å². The Morgan fingerprint density at radius 1 is 1.47 bits per heavy atom. The van der Waals surface area contributed by atoms with Crippen molar-refractivity contribution in [3.05, 3.63) is 29.3 Å². The summed E-state index contributed by atoms with van der Waals surface area (Å²) in [7, 11) is 0. The highest BCUT2D eigenvalue weighted by Crippen LogP contribution is 2.37. The Labute approximate surface area is 105 Å². The molecule has 3 rings (SSSR count). The molecule has 1 N–H and O–H groups in total. The van der Waals surface area contributed by atoms with Crippen molar-refractivity contribution >= 4 is 21.6 Å². The largest absolute Gasteiger partial charge is 0.389 e. The first-order valence-electron chi connectivity index (χ1n) is 6.21. The Balaban J connectivity index is 1.85. The molecule has 2 unspecified atom stereocenters. The van der Waals surface area contributed by atoms with E-state index in [1.807, 2.05) is 18.2 Å². The number of para-hydroxylation sites is 1. The predicted molar refractivity (Wildman–Crippen MR) is 71.3 cm³/mol. The molecular weight excluding hydrogens is 230 g/mol. The van der Waals surface area contributed by atoms with Crippen LogP contribution in [0, 0.1) is 5.92 Å². The molecule has 1 aliphatic carbocycles. The van der Waals surface area contributed by atoms with Crippen molar-refractivity contribution in [2.24, 2.45) is 5.92 Å². The van der Waals surface area contributed by atoms with Gasteiger partial charge in [0.05, 0.1) is 20.8 Å². The van der Waals surface area contributed by atoms with Crippen LogP contribution in [-0.4, -0.2) is 15.7 Å². The van der Waals surface area contributed by atoms with Gasteiger partial charge in [0.15, 0.2) is 0 Å². The number of rotatable bonds is 2. The summed E-state index contributed by atoms with van der Waals surface area (Å²) in [5, 5.41) is 11.6. The van der Waals surface area contributed by atoms with Gasteiger partial charge in [0.25, 0.3) is 0 Å². The Hall–Kier alpha value is -0.930. The van der Waals surface area contributed by atoms with Crippen LogP contribution in [0.15, 0.2) is 24.3 Å². The third kappa shape index (κ3) is 2.22. The van der Waals surface area contributed by atoms with Gasteiger partial charge in [-0.25, -0.2) is 4.98 Å². The summed E-state index contributed by atoms with van der Waals surface area (Å²) in [5.41, 5.74) is 0.551. The lowest BCUT2D eigenvalue weighted by Gasteiger charge is -2.20. The monoisotopic (exact) mass is 247 g/mol. The van der Waals surface area contributed by atoms with E-state index in [0.29, 0.717) is 5.92 Å². The van der Waals surface area contributed by atoms with Crippen molar-refractivity contribution in [3.8, 4) is 0 Å². The minimum absolute atomic E-state index is 0.507. The van der Waals surface area contributed by atoms with Crippen LogP contribution in [0.2, 0.25) is 0 Å². The van der Waals surface area contributed by atoms with Gasteiger partial charge in [-0.1, -0.05) is 19.1 Å². The van der Waals surface area contributed by atoms with Gasteiger partial charge in [-0.05, 0) is 37.3 Å². The Bertz CT molecular complexity index is 503. The zero-order chi connectivity index (χ0) is 11.9. The number of benzene rings is 1. The number of hydrogen-bond donors (Lipinski definition) is 1. The second-order valence-corrected chi connectivity index (χ2v) is 6.44. The third-order valence-electron chi connectivity index (χ3n) is 3.65. The van der Waals surface area contributed by atoms with E-state index in [0.717, 1.165) is 36.2 Å². The number of thiazole rings is 1. The Morgan fingerprint density at radius 3 is 3.00 bits per heavy atom. The summed E-state index contributed by atoms with van der Waals surface area (Å²) in [6.07, 6.45) is 3.70. The van der Waals surface area contributed by atoms with Crippen LogP contribution in [0.4, 0.5) is 0 Å². The molecule has 0 saturated heterocycles. The van der Waals surface area contributed by atoms with E-state index in [2.05, 4.69) is 18.0 Å². The average Bonchev–Trinajstić information content (AvgIpc) is 2.81. The Kier molecular flexibility index (Phi) is 2.68. The van der Waals surface area contributed by atoms with E-state index in [9.17, 15) is 5.11 Å². The standard InChI is InChI=1S/C14H17NOS/c1-10-6-7-14(16,8-10)9-13-15-11-4-2-3-5-12(11)17-13/h2-5,10,16H,6-9H2,1H3. The fraction of sp³-hybridized carbons (Fsp3) is 0.500. The van der Waals surface area contributed by atoms with Gasteiger partial charge in [-0.3, -0.25) is 0 Å². The van der Waals surface area contributed by atoms with Gasteiger partial charge in [0.2, 0.25) is 0 Å². The molecule has 1 fully saturated rings. The maximum absolute atomic E-state index is 10.5. The van der Waals surface area contributed by atoms with Crippen molar-refractivity contribution < 1.29 is 5.11 Å². The highest BCUT2D eigenvalue weighted by Gasteiger charge is 2.36. The molecule has 1 aliphatic rings. The normalized spacial score (nSPS) is 28.9. The lowest BCUT2D eigenvalue weighted by atomic mass is 9.97. The first-order valence-corrected chi connectivity index (χ1v) is 7.03. The topological polar surface area (TPSA) is 33.1 Å². The lowest BCUT2D eigenvalue weighted by Crippen LogP contribution is -2.27. The first kappa shape index (κ1) is 11.2. The van der Waals surface area contributed by atoms with E-state index in [1.54, 1.807) is 11.3 Å². The minimum Gasteiger partial charge on any atom is -0.389 e. The summed E-state index contributed by atoms with van der Waals surface area (Å²) < 4.78 is 1.22. The van der Waals surface area contributed by atoms with Crippen molar-refractivity contribution in [2.75, 3.05) is 0 Å². The average molecular weight is 247 g/mol. The number of hydrogen-bond acceptors (Lipinski definition) is 3. The first-order chi connectivity index (χ1) is 8.15. The molecule has 2 nitrogen and oxygen atoms in total. The molecule has 2 atom stereocenters. The van der Waals surface area contributed by atoms with Gasteiger partial charge in [-0.2, -0.15) is 0 Å². The highest BCUT2D eigenvalue weighted by atomic mass is 32.1. The molecule has 90 valence electrons. The maximum atomic E-state index is 10.5. The molecule has 1 aromatic heterocycles. The fourth-order valence-electron chi connectivity index (χ4n) is 2.81. The molecule has 1 aromatic carbocycles. The molecule has 0 aliphatic heterocycles. The van der Waals surface area contributed by atoms with Gasteiger partial charge in [0.1, 0.15) is 0 Å². The van der Waals surface area contributed by atoms with E-state index < -0.39 is 5.60 Å². The zero-order valence-corrected chi connectivity index (χ0v) is 10.8. The second kappa shape index (κ2) is 4.07. The second-order valence-electron chi connectivity index (χ2n) is 5.32. The Morgan fingerprint density at radius 2 is 2.29 bits per heavy atom. The van der Waals surface area contributed by atoms with Gasteiger partial charge < -0.3 is 5.11 Å². The predicted octanol–water partition coefficient (Wildman–Crippen LogP) is 3.39. The minimum atomic E-state index is -0.507. The summed E-state index contributed by atoms with van der Waals surface area (Å²) in [4.78, 5) is 4.60. The lowest BCUT2D eigenvalue weighted by molar-refractivity contribution is 0.0446. The quantitative estimate of drug-likeness (QED) is 0.882. The number of aromatic nitrogens is 1. The highest BCUT2D eigenvalue weighted by molar-refractivity contribution is 7.18. The SMILES string of the molecule is CC1CCC(O)(Cc2nc3ccccc3s2)C1. The van der Waals surface area contributed by atoms with Crippen LogP contribution in [0.1, 0.15) is 31.2 Å². The van der Waals surface area contributed by atoms with E-state index in [1.165, 1.54) is 4.70 Å². The molecular formula is C14H17NOS. The molecule has 1 heterocycles. The number of fused-ring (bicyclic) bond motifs is 1. The maximum Gasteiger partial charge on any atom is 0.0967 e. The molecule has 0 amide bonds. The summed E-state index contributed by atoms with van der Waals surface area (Å²) in [6, 6.07) is 8.18. The molecule has 0 radical (unpaired) electrons. The number of aliphatic hydroxyl groups is 1. The van der Waals surface area contributed by atoms with Gasteiger partial charge >= 0.3 is 0 Å². The fourth-order valence-corrected chi connectivity index (χ4v) is 3.91.